The fraction of sp³-hybridized carbons (Fsp3) is 0.455. The predicted octanol–water partition coefficient (Wildman–Crippen LogP) is 0.0874. The van der Waals surface area contributed by atoms with E-state index in [0.717, 1.165) is 13.3 Å². The Morgan fingerprint density at radius 3 is 2.61 bits per heavy atom. The number of Topliss-reactive ketones (excluding diaryl/α,β-unsaturated/α-hetero) is 1. The lowest BCUT2D eigenvalue weighted by molar-refractivity contribution is -0.133. The van der Waals surface area contributed by atoms with Crippen LogP contribution in [0, 0.1) is 0 Å². The van der Waals surface area contributed by atoms with Gasteiger partial charge in [0.05, 0.1) is 11.9 Å². The molecule has 0 bridgehead atoms. The fourth-order valence-corrected chi connectivity index (χ4v) is 1.33. The summed E-state index contributed by atoms with van der Waals surface area (Å²) in [5.41, 5.74) is 0.448. The van der Waals surface area contributed by atoms with Crippen molar-refractivity contribution in [2.75, 3.05) is 11.9 Å². The van der Waals surface area contributed by atoms with Crippen molar-refractivity contribution in [2.24, 2.45) is 7.05 Å². The van der Waals surface area contributed by atoms with Gasteiger partial charge in [-0.15, -0.1) is 0 Å². The molecule has 1 aromatic heterocycles. The van der Waals surface area contributed by atoms with Crippen LogP contribution in [0.15, 0.2) is 6.20 Å². The number of carbonyl (C=O) groups is 3. The zero-order valence-corrected chi connectivity index (χ0v) is 10.6. The lowest BCUT2D eigenvalue weighted by atomic mass is 10.3. The Morgan fingerprint density at radius 2 is 2.06 bits per heavy atom. The first-order valence-corrected chi connectivity index (χ1v) is 5.59. The van der Waals surface area contributed by atoms with Crippen molar-refractivity contribution in [3.05, 3.63) is 11.9 Å². The molecule has 98 valence electrons. The van der Waals surface area contributed by atoms with Crippen LogP contribution < -0.4 is 10.6 Å². The molecule has 0 spiro atoms. The maximum absolute atomic E-state index is 11.8. The SMILES string of the molecule is CCCNC(=O)c1c(NC(=O)C(C)=O)cnn1C. The number of carbonyl (C=O) groups excluding carboxylic acids is 3. The summed E-state index contributed by atoms with van der Waals surface area (Å²) >= 11 is 0. The lowest BCUT2D eigenvalue weighted by Gasteiger charge is -2.07. The monoisotopic (exact) mass is 252 g/mol. The van der Waals surface area contributed by atoms with Crippen LogP contribution >= 0.6 is 0 Å². The third-order valence-corrected chi connectivity index (χ3v) is 2.26. The van der Waals surface area contributed by atoms with Crippen molar-refractivity contribution in [3.63, 3.8) is 0 Å². The Bertz CT molecular complexity index is 479. The second-order valence-electron chi connectivity index (χ2n) is 3.80. The van der Waals surface area contributed by atoms with E-state index in [9.17, 15) is 14.4 Å². The Labute approximate surface area is 105 Å². The number of anilines is 1. The average Bonchev–Trinajstić information content (AvgIpc) is 2.67. The van der Waals surface area contributed by atoms with Crippen molar-refractivity contribution in [2.45, 2.75) is 20.3 Å². The van der Waals surface area contributed by atoms with Crippen molar-refractivity contribution < 1.29 is 14.4 Å². The number of hydrogen-bond acceptors (Lipinski definition) is 4. The Balaban J connectivity index is 2.91. The van der Waals surface area contributed by atoms with E-state index >= 15 is 0 Å². The highest BCUT2D eigenvalue weighted by Crippen LogP contribution is 2.13. The van der Waals surface area contributed by atoms with E-state index < -0.39 is 11.7 Å². The summed E-state index contributed by atoms with van der Waals surface area (Å²) in [4.78, 5) is 34.0. The van der Waals surface area contributed by atoms with Crippen LogP contribution in [0.1, 0.15) is 30.8 Å². The predicted molar refractivity (Wildman–Crippen MR) is 65.1 cm³/mol. The van der Waals surface area contributed by atoms with Gasteiger partial charge in [-0.05, 0) is 6.42 Å². The maximum atomic E-state index is 11.8. The molecule has 0 aliphatic heterocycles. The summed E-state index contributed by atoms with van der Waals surface area (Å²) in [6.45, 7) is 3.62. The van der Waals surface area contributed by atoms with Gasteiger partial charge in [0, 0.05) is 20.5 Å². The number of hydrogen-bond donors (Lipinski definition) is 2. The van der Waals surface area contributed by atoms with Gasteiger partial charge in [-0.25, -0.2) is 0 Å². The molecule has 7 nitrogen and oxygen atoms in total. The first kappa shape index (κ1) is 13.9. The molecule has 1 heterocycles. The number of aryl methyl sites for hydroxylation is 1. The van der Waals surface area contributed by atoms with Crippen molar-refractivity contribution in [1.29, 1.82) is 0 Å². The fourth-order valence-electron chi connectivity index (χ4n) is 1.33. The molecule has 1 rings (SSSR count). The Hall–Kier alpha value is -2.18. The minimum atomic E-state index is -0.771. The Kier molecular flexibility index (Phi) is 4.59. The molecule has 1 aromatic rings. The summed E-state index contributed by atoms with van der Waals surface area (Å²) in [6.07, 6.45) is 2.14. The molecule has 0 fully saturated rings. The minimum absolute atomic E-state index is 0.220. The summed E-state index contributed by atoms with van der Waals surface area (Å²) in [7, 11) is 1.59. The van der Waals surface area contributed by atoms with Crippen molar-refractivity contribution in [1.82, 2.24) is 15.1 Å². The molecular formula is C11H16N4O3. The molecule has 7 heteroatoms. The highest BCUT2D eigenvalue weighted by molar-refractivity contribution is 6.40. The average molecular weight is 252 g/mol. The van der Waals surface area contributed by atoms with Crippen molar-refractivity contribution in [3.8, 4) is 0 Å². The van der Waals surface area contributed by atoms with Crippen LogP contribution in [0.2, 0.25) is 0 Å². The van der Waals surface area contributed by atoms with Crippen LogP contribution in [-0.2, 0) is 16.6 Å². The van der Waals surface area contributed by atoms with E-state index in [1.54, 1.807) is 7.05 Å². The van der Waals surface area contributed by atoms with Crippen LogP contribution in [-0.4, -0.2) is 33.9 Å². The number of ketones is 1. The van der Waals surface area contributed by atoms with Gasteiger partial charge in [0.15, 0.2) is 0 Å². The van der Waals surface area contributed by atoms with Gasteiger partial charge < -0.3 is 10.6 Å². The standard InChI is InChI=1S/C11H16N4O3/c1-4-5-12-11(18)9-8(6-13-15(9)3)14-10(17)7(2)16/h6H,4-5H2,1-3H3,(H,12,18)(H,14,17). The van der Waals surface area contributed by atoms with E-state index in [4.69, 9.17) is 0 Å². The van der Waals surface area contributed by atoms with Crippen LogP contribution in [0.25, 0.3) is 0 Å². The van der Waals surface area contributed by atoms with E-state index in [2.05, 4.69) is 15.7 Å². The van der Waals surface area contributed by atoms with Gasteiger partial charge in [-0.1, -0.05) is 6.92 Å². The molecular weight excluding hydrogens is 236 g/mol. The van der Waals surface area contributed by atoms with E-state index in [-0.39, 0.29) is 17.3 Å². The van der Waals surface area contributed by atoms with Crippen LogP contribution in [0.4, 0.5) is 5.69 Å². The Morgan fingerprint density at radius 1 is 1.39 bits per heavy atom. The molecule has 0 unspecified atom stereocenters. The number of rotatable bonds is 5. The van der Waals surface area contributed by atoms with E-state index in [1.165, 1.54) is 10.9 Å². The molecule has 0 radical (unpaired) electrons. The number of aromatic nitrogens is 2. The molecule has 0 aliphatic carbocycles. The van der Waals surface area contributed by atoms with Crippen LogP contribution in [0.3, 0.4) is 0 Å². The molecule has 0 aliphatic rings. The zero-order valence-electron chi connectivity index (χ0n) is 10.6. The smallest absolute Gasteiger partial charge is 0.291 e. The van der Waals surface area contributed by atoms with Gasteiger partial charge in [0.1, 0.15) is 5.69 Å². The van der Waals surface area contributed by atoms with Gasteiger partial charge >= 0.3 is 0 Å². The second kappa shape index (κ2) is 5.95. The van der Waals surface area contributed by atoms with E-state index in [1.807, 2.05) is 6.92 Å². The quantitative estimate of drug-likeness (QED) is 0.726. The summed E-state index contributed by atoms with van der Waals surface area (Å²) < 4.78 is 1.35. The van der Waals surface area contributed by atoms with Gasteiger partial charge in [-0.2, -0.15) is 5.10 Å². The molecule has 2 amide bonds. The third-order valence-electron chi connectivity index (χ3n) is 2.26. The van der Waals surface area contributed by atoms with Gasteiger partial charge in [0.2, 0.25) is 5.78 Å². The highest BCUT2D eigenvalue weighted by Gasteiger charge is 2.19. The lowest BCUT2D eigenvalue weighted by Crippen LogP contribution is -2.28. The third kappa shape index (κ3) is 3.16. The number of amides is 2. The summed E-state index contributed by atoms with van der Waals surface area (Å²) in [5, 5.41) is 8.93. The van der Waals surface area contributed by atoms with Crippen LogP contribution in [0.5, 0.6) is 0 Å². The highest BCUT2D eigenvalue weighted by atomic mass is 16.2. The molecule has 0 saturated heterocycles. The normalized spacial score (nSPS) is 9.94. The zero-order chi connectivity index (χ0) is 13.7. The van der Waals surface area contributed by atoms with E-state index in [0.29, 0.717) is 6.54 Å². The second-order valence-corrected chi connectivity index (χ2v) is 3.80. The maximum Gasteiger partial charge on any atom is 0.291 e. The topological polar surface area (TPSA) is 93.1 Å². The van der Waals surface area contributed by atoms with Crippen molar-refractivity contribution >= 4 is 23.3 Å². The van der Waals surface area contributed by atoms with Gasteiger partial charge in [-0.3, -0.25) is 19.1 Å². The molecule has 0 saturated carbocycles. The first-order valence-electron chi connectivity index (χ1n) is 5.59. The number of nitrogens with one attached hydrogen (secondary N) is 2. The minimum Gasteiger partial charge on any atom is -0.351 e. The van der Waals surface area contributed by atoms with Gasteiger partial charge in [0.25, 0.3) is 11.8 Å². The molecule has 2 N–H and O–H groups in total. The molecule has 0 atom stereocenters. The number of nitrogens with zero attached hydrogens (tertiary/aromatic N) is 2. The largest absolute Gasteiger partial charge is 0.351 e. The summed E-state index contributed by atoms with van der Waals surface area (Å²) in [5.74, 6) is -1.73. The summed E-state index contributed by atoms with van der Waals surface area (Å²) in [6, 6.07) is 0. The first-order chi connectivity index (χ1) is 8.47. The molecule has 0 aromatic carbocycles. The molecule has 18 heavy (non-hydrogen) atoms.